The second-order valence-electron chi connectivity index (χ2n) is 3.46. The third-order valence-corrected chi connectivity index (χ3v) is 2.97. The number of nitrogens with one attached hydrogen (secondary N) is 1. The first-order chi connectivity index (χ1) is 7.65. The van der Waals surface area contributed by atoms with Crippen LogP contribution in [0, 0.1) is 0 Å². The van der Waals surface area contributed by atoms with Gasteiger partial charge in [0.2, 0.25) is 0 Å². The van der Waals surface area contributed by atoms with Crippen LogP contribution in [0.3, 0.4) is 0 Å². The summed E-state index contributed by atoms with van der Waals surface area (Å²) < 4.78 is 2.75. The molecule has 1 aromatic carbocycles. The number of nitrogens with zero attached hydrogens (tertiary/aromatic N) is 2. The summed E-state index contributed by atoms with van der Waals surface area (Å²) in [7, 11) is 1.90. The van der Waals surface area contributed by atoms with E-state index >= 15 is 0 Å². The van der Waals surface area contributed by atoms with Crippen molar-refractivity contribution >= 4 is 33.2 Å². The molecule has 5 heteroatoms. The van der Waals surface area contributed by atoms with Gasteiger partial charge in [-0.25, -0.2) is 0 Å². The summed E-state index contributed by atoms with van der Waals surface area (Å²) in [5, 5.41) is 8.22. The van der Waals surface area contributed by atoms with Gasteiger partial charge >= 0.3 is 0 Å². The van der Waals surface area contributed by atoms with Gasteiger partial charge < -0.3 is 5.32 Å². The van der Waals surface area contributed by atoms with Crippen LogP contribution in [0.15, 0.2) is 34.9 Å². The molecule has 84 valence electrons. The van der Waals surface area contributed by atoms with Gasteiger partial charge in [0.25, 0.3) is 0 Å². The predicted octanol–water partition coefficient (Wildman–Crippen LogP) is 3.45. The Labute approximate surface area is 108 Å². The number of halogens is 2. The first-order valence-corrected chi connectivity index (χ1v) is 6.00. The van der Waals surface area contributed by atoms with Crippen molar-refractivity contribution in [3.8, 4) is 0 Å². The Morgan fingerprint density at radius 3 is 2.88 bits per heavy atom. The van der Waals surface area contributed by atoms with E-state index in [0.29, 0.717) is 11.6 Å². The number of benzene rings is 1. The smallest absolute Gasteiger partial charge is 0.0815 e. The fraction of sp³-hybridized carbons (Fsp3) is 0.182. The van der Waals surface area contributed by atoms with E-state index < -0.39 is 0 Å². The minimum absolute atomic E-state index is 0.669. The van der Waals surface area contributed by atoms with E-state index in [1.165, 1.54) is 0 Å². The van der Waals surface area contributed by atoms with Crippen molar-refractivity contribution in [2.24, 2.45) is 7.05 Å². The molecule has 16 heavy (non-hydrogen) atoms. The van der Waals surface area contributed by atoms with E-state index in [0.717, 1.165) is 15.9 Å². The van der Waals surface area contributed by atoms with E-state index in [4.69, 9.17) is 11.6 Å². The van der Waals surface area contributed by atoms with Crippen LogP contribution >= 0.6 is 27.5 Å². The molecule has 0 aliphatic heterocycles. The molecule has 0 spiro atoms. The molecule has 1 heterocycles. The lowest BCUT2D eigenvalue weighted by atomic mass is 10.3. The minimum Gasteiger partial charge on any atom is -0.378 e. The third-order valence-electron chi connectivity index (χ3n) is 2.16. The molecule has 1 N–H and O–H groups in total. The molecular weight excluding hydrogens is 289 g/mol. The quantitative estimate of drug-likeness (QED) is 0.941. The zero-order chi connectivity index (χ0) is 11.5. The Bertz CT molecular complexity index is 496. The van der Waals surface area contributed by atoms with Crippen molar-refractivity contribution in [3.63, 3.8) is 0 Å². The molecule has 0 fully saturated rings. The number of anilines is 1. The van der Waals surface area contributed by atoms with Crippen molar-refractivity contribution in [3.05, 3.63) is 45.7 Å². The molecule has 0 unspecified atom stereocenters. The maximum atomic E-state index is 6.08. The SMILES string of the molecule is Cn1ccc(CNc2ccc(Br)cc2Cl)n1. The topological polar surface area (TPSA) is 29.9 Å². The van der Waals surface area contributed by atoms with Crippen LogP contribution in [-0.4, -0.2) is 9.78 Å². The van der Waals surface area contributed by atoms with Crippen LogP contribution < -0.4 is 5.32 Å². The van der Waals surface area contributed by atoms with Crippen molar-refractivity contribution in [1.82, 2.24) is 9.78 Å². The Morgan fingerprint density at radius 1 is 1.44 bits per heavy atom. The van der Waals surface area contributed by atoms with Crippen molar-refractivity contribution in [1.29, 1.82) is 0 Å². The van der Waals surface area contributed by atoms with Crippen LogP contribution in [0.2, 0.25) is 5.02 Å². The van der Waals surface area contributed by atoms with Gasteiger partial charge in [-0.1, -0.05) is 27.5 Å². The largest absolute Gasteiger partial charge is 0.378 e. The molecule has 0 aliphatic rings. The van der Waals surface area contributed by atoms with E-state index in [9.17, 15) is 0 Å². The molecule has 2 rings (SSSR count). The number of hydrogen-bond donors (Lipinski definition) is 1. The zero-order valence-electron chi connectivity index (χ0n) is 8.74. The molecule has 0 saturated heterocycles. The van der Waals surface area contributed by atoms with Crippen LogP contribution in [0.25, 0.3) is 0 Å². The number of aryl methyl sites for hydroxylation is 1. The predicted molar refractivity (Wildman–Crippen MR) is 69.7 cm³/mol. The molecular formula is C11H11BrClN3. The summed E-state index contributed by atoms with van der Waals surface area (Å²) in [6.07, 6.45) is 1.92. The molecule has 2 aromatic rings. The van der Waals surface area contributed by atoms with Crippen molar-refractivity contribution < 1.29 is 0 Å². The summed E-state index contributed by atoms with van der Waals surface area (Å²) >= 11 is 9.45. The molecule has 0 aliphatic carbocycles. The fourth-order valence-corrected chi connectivity index (χ4v) is 2.12. The molecule has 0 amide bonds. The van der Waals surface area contributed by atoms with Gasteiger partial charge in [-0.2, -0.15) is 5.10 Å². The van der Waals surface area contributed by atoms with Crippen LogP contribution in [0.5, 0.6) is 0 Å². The molecule has 0 saturated carbocycles. The van der Waals surface area contributed by atoms with Gasteiger partial charge in [0.1, 0.15) is 0 Å². The number of aromatic nitrogens is 2. The van der Waals surface area contributed by atoms with E-state index in [1.54, 1.807) is 4.68 Å². The molecule has 0 bridgehead atoms. The second kappa shape index (κ2) is 4.89. The summed E-state index contributed by atoms with van der Waals surface area (Å²) in [6, 6.07) is 7.73. The van der Waals surface area contributed by atoms with Gasteiger partial charge in [0, 0.05) is 17.7 Å². The van der Waals surface area contributed by atoms with Crippen molar-refractivity contribution in [2.45, 2.75) is 6.54 Å². The Morgan fingerprint density at radius 2 is 2.25 bits per heavy atom. The second-order valence-corrected chi connectivity index (χ2v) is 4.78. The van der Waals surface area contributed by atoms with E-state index in [1.807, 2.05) is 37.5 Å². The minimum atomic E-state index is 0.669. The van der Waals surface area contributed by atoms with Gasteiger partial charge in [0.05, 0.1) is 22.9 Å². The van der Waals surface area contributed by atoms with E-state index in [2.05, 4.69) is 26.3 Å². The lowest BCUT2D eigenvalue weighted by Gasteiger charge is -2.06. The summed E-state index contributed by atoms with van der Waals surface area (Å²) in [5.74, 6) is 0. The maximum absolute atomic E-state index is 6.08. The summed E-state index contributed by atoms with van der Waals surface area (Å²) in [4.78, 5) is 0. The highest BCUT2D eigenvalue weighted by molar-refractivity contribution is 9.10. The Kier molecular flexibility index (Phi) is 3.51. The highest BCUT2D eigenvalue weighted by atomic mass is 79.9. The van der Waals surface area contributed by atoms with Gasteiger partial charge in [-0.15, -0.1) is 0 Å². The lowest BCUT2D eigenvalue weighted by Crippen LogP contribution is -2.01. The van der Waals surface area contributed by atoms with E-state index in [-0.39, 0.29) is 0 Å². The molecule has 0 radical (unpaired) electrons. The maximum Gasteiger partial charge on any atom is 0.0815 e. The van der Waals surface area contributed by atoms with Crippen LogP contribution in [0.1, 0.15) is 5.69 Å². The van der Waals surface area contributed by atoms with Crippen molar-refractivity contribution in [2.75, 3.05) is 5.32 Å². The average molecular weight is 301 g/mol. The highest BCUT2D eigenvalue weighted by Crippen LogP contribution is 2.25. The first kappa shape index (κ1) is 11.5. The highest BCUT2D eigenvalue weighted by Gasteiger charge is 2.01. The Hall–Kier alpha value is -1.00. The standard InChI is InChI=1S/C11H11BrClN3/c1-16-5-4-9(15-16)7-14-11-3-2-8(12)6-10(11)13/h2-6,14H,7H2,1H3. The Balaban J connectivity index is 2.04. The van der Waals surface area contributed by atoms with Gasteiger partial charge in [-0.05, 0) is 24.3 Å². The fourth-order valence-electron chi connectivity index (χ4n) is 1.38. The van der Waals surface area contributed by atoms with Crippen LogP contribution in [0.4, 0.5) is 5.69 Å². The molecule has 3 nitrogen and oxygen atoms in total. The first-order valence-electron chi connectivity index (χ1n) is 4.82. The summed E-state index contributed by atoms with van der Waals surface area (Å²) in [6.45, 7) is 0.669. The normalized spacial score (nSPS) is 10.4. The van der Waals surface area contributed by atoms with Crippen LogP contribution in [-0.2, 0) is 13.6 Å². The van der Waals surface area contributed by atoms with Gasteiger partial charge in [-0.3, -0.25) is 4.68 Å². The lowest BCUT2D eigenvalue weighted by molar-refractivity contribution is 0.747. The number of rotatable bonds is 3. The number of hydrogen-bond acceptors (Lipinski definition) is 2. The van der Waals surface area contributed by atoms with Gasteiger partial charge in [0.15, 0.2) is 0 Å². The summed E-state index contributed by atoms with van der Waals surface area (Å²) in [5.41, 5.74) is 1.90. The molecule has 1 aromatic heterocycles. The molecule has 0 atom stereocenters. The zero-order valence-corrected chi connectivity index (χ0v) is 11.1. The monoisotopic (exact) mass is 299 g/mol. The third kappa shape index (κ3) is 2.77. The average Bonchev–Trinajstić information content (AvgIpc) is 2.63.